The first-order valence-electron chi connectivity index (χ1n) is 6.89. The highest BCUT2D eigenvalue weighted by Crippen LogP contribution is 2.22. The van der Waals surface area contributed by atoms with Crippen LogP contribution < -0.4 is 11.5 Å². The van der Waals surface area contributed by atoms with Crippen LogP contribution in [0.15, 0.2) is 0 Å². The molecule has 1 rings (SSSR count). The first kappa shape index (κ1) is 18.2. The molecule has 0 aromatic heterocycles. The van der Waals surface area contributed by atoms with Crippen LogP contribution in [-0.4, -0.2) is 76.3 Å². The fourth-order valence-electron chi connectivity index (χ4n) is 1.99. The first-order valence-corrected chi connectivity index (χ1v) is 6.89. The molecule has 1 unspecified atom stereocenters. The fourth-order valence-corrected chi connectivity index (χ4v) is 1.99. The van der Waals surface area contributed by atoms with Crippen LogP contribution in [0.2, 0.25) is 0 Å². The normalized spacial score (nSPS) is 34.5. The molecule has 0 spiro atoms. The minimum atomic E-state index is -1.62. The van der Waals surface area contributed by atoms with Crippen LogP contribution in [0.3, 0.4) is 0 Å². The molecule has 1 saturated heterocycles. The number of ether oxygens (including phenoxy) is 2. The van der Waals surface area contributed by atoms with E-state index < -0.39 is 49.3 Å². The maximum Gasteiger partial charge on any atom is 0.325 e. The summed E-state index contributed by atoms with van der Waals surface area (Å²) >= 11 is 0. The molecule has 21 heavy (non-hydrogen) atoms. The summed E-state index contributed by atoms with van der Waals surface area (Å²) in [4.78, 5) is 11.8. The topological polar surface area (TPSA) is 168 Å². The third-order valence-electron chi connectivity index (χ3n) is 3.35. The number of carbonyl (C=O) groups is 1. The van der Waals surface area contributed by atoms with E-state index in [9.17, 15) is 20.1 Å². The van der Waals surface area contributed by atoms with E-state index in [1.54, 1.807) is 0 Å². The van der Waals surface area contributed by atoms with Gasteiger partial charge in [0.15, 0.2) is 0 Å². The molecule has 124 valence electrons. The van der Waals surface area contributed by atoms with Gasteiger partial charge < -0.3 is 41.4 Å². The van der Waals surface area contributed by atoms with Gasteiger partial charge in [0.1, 0.15) is 30.5 Å². The quantitative estimate of drug-likeness (QED) is 0.209. The molecule has 0 aromatic carbocycles. The molecule has 0 aliphatic carbocycles. The van der Waals surface area contributed by atoms with Crippen molar-refractivity contribution < 1.29 is 34.7 Å². The number of aliphatic hydroxyl groups excluding tert-OH is 4. The van der Waals surface area contributed by atoms with E-state index in [1.807, 2.05) is 0 Å². The van der Waals surface area contributed by atoms with Crippen molar-refractivity contribution in [2.24, 2.45) is 11.5 Å². The number of rotatable bonds is 7. The van der Waals surface area contributed by atoms with Crippen molar-refractivity contribution in [2.75, 3.05) is 13.2 Å². The second-order valence-electron chi connectivity index (χ2n) is 5.03. The fraction of sp³-hybridized carbons (Fsp3) is 0.917. The Kier molecular flexibility index (Phi) is 7.46. The van der Waals surface area contributed by atoms with Crippen molar-refractivity contribution in [1.29, 1.82) is 0 Å². The summed E-state index contributed by atoms with van der Waals surface area (Å²) in [6, 6.07) is -0.899. The Hall–Kier alpha value is -0.810. The van der Waals surface area contributed by atoms with Crippen molar-refractivity contribution in [3.05, 3.63) is 0 Å². The van der Waals surface area contributed by atoms with Crippen LogP contribution in [0.25, 0.3) is 0 Å². The number of esters is 1. The SMILES string of the molecule is NCCCC[C@H](N)C(=O)OC1O[C@H](CO)[C@@H](O)[C@H](O)[C@H]1O. The van der Waals surface area contributed by atoms with E-state index in [1.165, 1.54) is 0 Å². The smallest absolute Gasteiger partial charge is 0.325 e. The lowest BCUT2D eigenvalue weighted by Crippen LogP contribution is -2.60. The third kappa shape index (κ3) is 4.85. The van der Waals surface area contributed by atoms with Crippen LogP contribution in [0.4, 0.5) is 0 Å². The average Bonchev–Trinajstić information content (AvgIpc) is 2.47. The highest BCUT2D eigenvalue weighted by atomic mass is 16.7. The molecule has 0 saturated carbocycles. The summed E-state index contributed by atoms with van der Waals surface area (Å²) in [7, 11) is 0. The van der Waals surface area contributed by atoms with Gasteiger partial charge in [-0.3, -0.25) is 4.79 Å². The Labute approximate surface area is 122 Å². The Morgan fingerprint density at radius 3 is 2.43 bits per heavy atom. The van der Waals surface area contributed by atoms with Crippen molar-refractivity contribution in [2.45, 2.75) is 56.0 Å². The minimum absolute atomic E-state index is 0.369. The maximum atomic E-state index is 11.8. The van der Waals surface area contributed by atoms with Gasteiger partial charge >= 0.3 is 5.97 Å². The van der Waals surface area contributed by atoms with Gasteiger partial charge in [-0.15, -0.1) is 0 Å². The van der Waals surface area contributed by atoms with Gasteiger partial charge in [-0.2, -0.15) is 0 Å². The van der Waals surface area contributed by atoms with Crippen molar-refractivity contribution in [3.8, 4) is 0 Å². The van der Waals surface area contributed by atoms with Crippen LogP contribution in [-0.2, 0) is 14.3 Å². The molecule has 1 fully saturated rings. The van der Waals surface area contributed by atoms with Gasteiger partial charge in [-0.25, -0.2) is 0 Å². The van der Waals surface area contributed by atoms with Crippen molar-refractivity contribution >= 4 is 5.97 Å². The zero-order chi connectivity index (χ0) is 16.0. The number of aliphatic hydroxyl groups is 4. The summed E-state index contributed by atoms with van der Waals surface area (Å²) in [5, 5.41) is 37.9. The average molecular weight is 308 g/mol. The number of unbranched alkanes of at least 4 members (excludes halogenated alkanes) is 1. The largest absolute Gasteiger partial charge is 0.432 e. The van der Waals surface area contributed by atoms with Crippen LogP contribution in [0.1, 0.15) is 19.3 Å². The van der Waals surface area contributed by atoms with Gasteiger partial charge in [0.25, 0.3) is 0 Å². The third-order valence-corrected chi connectivity index (χ3v) is 3.35. The van der Waals surface area contributed by atoms with Crippen LogP contribution in [0.5, 0.6) is 0 Å². The van der Waals surface area contributed by atoms with Gasteiger partial charge in [0.2, 0.25) is 6.29 Å². The highest BCUT2D eigenvalue weighted by Gasteiger charge is 2.45. The Morgan fingerprint density at radius 2 is 1.86 bits per heavy atom. The van der Waals surface area contributed by atoms with E-state index in [4.69, 9.17) is 26.0 Å². The van der Waals surface area contributed by atoms with E-state index in [-0.39, 0.29) is 0 Å². The summed E-state index contributed by atoms with van der Waals surface area (Å²) < 4.78 is 9.95. The summed E-state index contributed by atoms with van der Waals surface area (Å²) in [6.07, 6.45) is -5.60. The standard InChI is InChI=1S/C12H24N2O7/c13-4-2-1-3-6(14)11(19)21-12-10(18)9(17)8(16)7(5-15)20-12/h6-10,12,15-18H,1-5,13-14H2/t6-,7+,8+,9-,10+,12?/m0/s1. The second kappa shape index (κ2) is 8.59. The number of nitrogens with two attached hydrogens (primary N) is 2. The molecule has 9 nitrogen and oxygen atoms in total. The van der Waals surface area contributed by atoms with Crippen molar-refractivity contribution in [1.82, 2.24) is 0 Å². The zero-order valence-electron chi connectivity index (χ0n) is 11.7. The Bertz CT molecular complexity index is 329. The number of carbonyl (C=O) groups excluding carboxylic acids is 1. The predicted molar refractivity (Wildman–Crippen MR) is 70.7 cm³/mol. The molecule has 0 aromatic rings. The molecule has 0 amide bonds. The monoisotopic (exact) mass is 308 g/mol. The predicted octanol–water partition coefficient (Wildman–Crippen LogP) is -3.21. The molecular weight excluding hydrogens is 284 g/mol. The van der Waals surface area contributed by atoms with Gasteiger partial charge in [0.05, 0.1) is 6.61 Å². The molecule has 6 atom stereocenters. The summed E-state index contributed by atoms with van der Waals surface area (Å²) in [5.41, 5.74) is 11.0. The molecule has 1 aliphatic heterocycles. The lowest BCUT2D eigenvalue weighted by atomic mass is 9.99. The molecular formula is C12H24N2O7. The van der Waals surface area contributed by atoms with Crippen LogP contribution >= 0.6 is 0 Å². The number of hydrogen-bond acceptors (Lipinski definition) is 9. The molecule has 0 radical (unpaired) electrons. The lowest BCUT2D eigenvalue weighted by Gasteiger charge is -2.39. The van der Waals surface area contributed by atoms with Crippen molar-refractivity contribution in [3.63, 3.8) is 0 Å². The molecule has 1 aliphatic rings. The van der Waals surface area contributed by atoms with E-state index >= 15 is 0 Å². The molecule has 8 N–H and O–H groups in total. The van der Waals surface area contributed by atoms with Crippen LogP contribution in [0, 0.1) is 0 Å². The lowest BCUT2D eigenvalue weighted by molar-refractivity contribution is -0.293. The van der Waals surface area contributed by atoms with Gasteiger partial charge in [-0.05, 0) is 19.4 Å². The van der Waals surface area contributed by atoms with E-state index in [0.717, 1.165) is 6.42 Å². The first-order chi connectivity index (χ1) is 9.92. The number of hydrogen-bond donors (Lipinski definition) is 6. The summed E-state index contributed by atoms with van der Waals surface area (Å²) in [6.45, 7) is -0.101. The maximum absolute atomic E-state index is 11.8. The Morgan fingerprint density at radius 1 is 1.19 bits per heavy atom. The molecule has 0 bridgehead atoms. The zero-order valence-corrected chi connectivity index (χ0v) is 11.7. The summed E-state index contributed by atoms with van der Waals surface area (Å²) in [5.74, 6) is -0.795. The minimum Gasteiger partial charge on any atom is -0.432 e. The van der Waals surface area contributed by atoms with Gasteiger partial charge in [-0.1, -0.05) is 6.42 Å². The highest BCUT2D eigenvalue weighted by molar-refractivity contribution is 5.75. The molecule has 9 heteroatoms. The van der Waals surface area contributed by atoms with Gasteiger partial charge in [0, 0.05) is 0 Å². The van der Waals surface area contributed by atoms with E-state index in [2.05, 4.69) is 0 Å². The second-order valence-corrected chi connectivity index (χ2v) is 5.03. The Balaban J connectivity index is 2.53. The molecule has 1 heterocycles. The van der Waals surface area contributed by atoms with E-state index in [0.29, 0.717) is 19.4 Å².